The van der Waals surface area contributed by atoms with E-state index in [1.807, 2.05) is 4.90 Å². The first kappa shape index (κ1) is 14.5. The van der Waals surface area contributed by atoms with E-state index in [0.29, 0.717) is 6.42 Å². The summed E-state index contributed by atoms with van der Waals surface area (Å²) in [6.07, 6.45) is 2.93. The average Bonchev–Trinajstić information content (AvgIpc) is 2.92. The SMILES string of the molecule is Cc1cc(CNCCC(=O)N2CCCC2)ccc1Br. The van der Waals surface area contributed by atoms with Gasteiger partial charge in [0.25, 0.3) is 0 Å². The van der Waals surface area contributed by atoms with Gasteiger partial charge in [0.2, 0.25) is 5.91 Å². The molecule has 0 aliphatic carbocycles. The van der Waals surface area contributed by atoms with Crippen LogP contribution in [-0.2, 0) is 11.3 Å². The quantitative estimate of drug-likeness (QED) is 0.845. The van der Waals surface area contributed by atoms with Crippen LogP contribution in [0.5, 0.6) is 0 Å². The van der Waals surface area contributed by atoms with E-state index in [4.69, 9.17) is 0 Å². The molecule has 1 aromatic carbocycles. The molecule has 1 heterocycles. The monoisotopic (exact) mass is 324 g/mol. The molecule has 2 rings (SSSR count). The van der Waals surface area contributed by atoms with Crippen LogP contribution in [0.1, 0.15) is 30.4 Å². The van der Waals surface area contributed by atoms with Crippen LogP contribution in [0.4, 0.5) is 0 Å². The fourth-order valence-corrected chi connectivity index (χ4v) is 2.62. The highest BCUT2D eigenvalue weighted by atomic mass is 79.9. The highest BCUT2D eigenvalue weighted by molar-refractivity contribution is 9.10. The largest absolute Gasteiger partial charge is 0.343 e. The molecular formula is C15H21BrN2O. The summed E-state index contributed by atoms with van der Waals surface area (Å²) in [5.74, 6) is 0.289. The lowest BCUT2D eigenvalue weighted by molar-refractivity contribution is -0.130. The second-order valence-electron chi connectivity index (χ2n) is 5.10. The zero-order valence-electron chi connectivity index (χ0n) is 11.4. The first-order valence-electron chi connectivity index (χ1n) is 6.90. The topological polar surface area (TPSA) is 32.3 Å². The van der Waals surface area contributed by atoms with Crippen molar-refractivity contribution < 1.29 is 4.79 Å². The average molecular weight is 325 g/mol. The van der Waals surface area contributed by atoms with E-state index in [1.165, 1.54) is 11.1 Å². The Labute approximate surface area is 123 Å². The molecule has 0 aromatic heterocycles. The Morgan fingerprint density at radius 2 is 2.11 bits per heavy atom. The Hall–Kier alpha value is -0.870. The summed E-state index contributed by atoms with van der Waals surface area (Å²) in [4.78, 5) is 13.8. The van der Waals surface area contributed by atoms with E-state index in [9.17, 15) is 4.79 Å². The normalized spacial score (nSPS) is 14.9. The molecule has 1 aromatic rings. The molecular weight excluding hydrogens is 304 g/mol. The molecule has 0 unspecified atom stereocenters. The summed E-state index contributed by atoms with van der Waals surface area (Å²) in [6.45, 7) is 5.56. The molecule has 1 saturated heterocycles. The van der Waals surface area contributed by atoms with Crippen LogP contribution in [0, 0.1) is 6.92 Å². The maximum Gasteiger partial charge on any atom is 0.223 e. The van der Waals surface area contributed by atoms with Gasteiger partial charge in [-0.1, -0.05) is 28.1 Å². The predicted octanol–water partition coefficient (Wildman–Crippen LogP) is 2.86. The fourth-order valence-electron chi connectivity index (χ4n) is 2.37. The molecule has 0 bridgehead atoms. The molecule has 104 valence electrons. The van der Waals surface area contributed by atoms with Crippen molar-refractivity contribution in [1.82, 2.24) is 10.2 Å². The zero-order chi connectivity index (χ0) is 13.7. The minimum atomic E-state index is 0.289. The number of benzene rings is 1. The molecule has 0 spiro atoms. The number of aryl methyl sites for hydroxylation is 1. The minimum absolute atomic E-state index is 0.289. The number of rotatable bonds is 5. The third-order valence-corrected chi connectivity index (χ3v) is 4.42. The molecule has 1 aliphatic heterocycles. The van der Waals surface area contributed by atoms with Crippen LogP contribution >= 0.6 is 15.9 Å². The second kappa shape index (κ2) is 7.06. The minimum Gasteiger partial charge on any atom is -0.343 e. The van der Waals surface area contributed by atoms with Gasteiger partial charge in [-0.15, -0.1) is 0 Å². The van der Waals surface area contributed by atoms with E-state index in [-0.39, 0.29) is 5.91 Å². The Balaban J connectivity index is 1.68. The van der Waals surface area contributed by atoms with Gasteiger partial charge in [0, 0.05) is 37.1 Å². The van der Waals surface area contributed by atoms with Crippen molar-refractivity contribution >= 4 is 21.8 Å². The first-order chi connectivity index (χ1) is 9.16. The number of nitrogens with one attached hydrogen (secondary N) is 1. The van der Waals surface area contributed by atoms with Crippen LogP contribution < -0.4 is 5.32 Å². The molecule has 0 atom stereocenters. The molecule has 0 radical (unpaired) electrons. The molecule has 1 N–H and O–H groups in total. The zero-order valence-corrected chi connectivity index (χ0v) is 13.0. The van der Waals surface area contributed by atoms with E-state index in [0.717, 1.165) is 43.5 Å². The van der Waals surface area contributed by atoms with Gasteiger partial charge in [-0.2, -0.15) is 0 Å². The van der Waals surface area contributed by atoms with Gasteiger partial charge in [0.1, 0.15) is 0 Å². The van der Waals surface area contributed by atoms with Crippen molar-refractivity contribution in [1.29, 1.82) is 0 Å². The third kappa shape index (κ3) is 4.32. The molecule has 1 amide bonds. The van der Waals surface area contributed by atoms with Crippen LogP contribution in [0.25, 0.3) is 0 Å². The van der Waals surface area contributed by atoms with Gasteiger partial charge in [-0.05, 0) is 37.0 Å². The van der Waals surface area contributed by atoms with Crippen molar-refractivity contribution in [3.8, 4) is 0 Å². The number of hydrogen-bond acceptors (Lipinski definition) is 2. The maximum absolute atomic E-state index is 11.8. The molecule has 4 heteroatoms. The van der Waals surface area contributed by atoms with E-state index in [1.54, 1.807) is 0 Å². The van der Waals surface area contributed by atoms with Gasteiger partial charge in [0.05, 0.1) is 0 Å². The summed E-state index contributed by atoms with van der Waals surface area (Å²) in [5.41, 5.74) is 2.50. The van der Waals surface area contributed by atoms with Gasteiger partial charge >= 0.3 is 0 Å². The van der Waals surface area contributed by atoms with Gasteiger partial charge in [-0.3, -0.25) is 4.79 Å². The Morgan fingerprint density at radius 1 is 1.37 bits per heavy atom. The van der Waals surface area contributed by atoms with E-state index >= 15 is 0 Å². The van der Waals surface area contributed by atoms with Crippen LogP contribution in [0.3, 0.4) is 0 Å². The smallest absolute Gasteiger partial charge is 0.223 e. The van der Waals surface area contributed by atoms with Crippen LogP contribution in [-0.4, -0.2) is 30.4 Å². The molecule has 1 aliphatic rings. The summed E-state index contributed by atoms with van der Waals surface area (Å²) in [7, 11) is 0. The molecule has 3 nitrogen and oxygen atoms in total. The van der Waals surface area contributed by atoms with Crippen LogP contribution in [0.15, 0.2) is 22.7 Å². The van der Waals surface area contributed by atoms with Crippen LogP contribution in [0.2, 0.25) is 0 Å². The number of likely N-dealkylation sites (tertiary alicyclic amines) is 1. The Morgan fingerprint density at radius 3 is 2.79 bits per heavy atom. The standard InChI is InChI=1S/C15H21BrN2O/c1-12-10-13(4-5-14(12)16)11-17-7-6-15(19)18-8-2-3-9-18/h4-5,10,17H,2-3,6-9,11H2,1H3. The molecule has 0 saturated carbocycles. The number of carbonyl (C=O) groups is 1. The number of hydrogen-bond donors (Lipinski definition) is 1. The van der Waals surface area contributed by atoms with Crippen molar-refractivity contribution in [2.45, 2.75) is 32.7 Å². The fraction of sp³-hybridized carbons (Fsp3) is 0.533. The van der Waals surface area contributed by atoms with Gasteiger partial charge < -0.3 is 10.2 Å². The molecule has 1 fully saturated rings. The van der Waals surface area contributed by atoms with Gasteiger partial charge in [0.15, 0.2) is 0 Å². The summed E-state index contributed by atoms with van der Waals surface area (Å²) in [5, 5.41) is 3.34. The van der Waals surface area contributed by atoms with Crippen molar-refractivity contribution in [2.75, 3.05) is 19.6 Å². The first-order valence-corrected chi connectivity index (χ1v) is 7.69. The van der Waals surface area contributed by atoms with E-state index < -0.39 is 0 Å². The molecule has 19 heavy (non-hydrogen) atoms. The van der Waals surface area contributed by atoms with Crippen molar-refractivity contribution in [3.05, 3.63) is 33.8 Å². The van der Waals surface area contributed by atoms with Gasteiger partial charge in [-0.25, -0.2) is 0 Å². The summed E-state index contributed by atoms with van der Waals surface area (Å²) in [6, 6.07) is 6.34. The maximum atomic E-state index is 11.8. The van der Waals surface area contributed by atoms with E-state index in [2.05, 4.69) is 46.4 Å². The Kier molecular flexibility index (Phi) is 5.40. The number of halogens is 1. The second-order valence-corrected chi connectivity index (χ2v) is 5.95. The van der Waals surface area contributed by atoms with Crippen molar-refractivity contribution in [2.24, 2.45) is 0 Å². The summed E-state index contributed by atoms with van der Waals surface area (Å²) < 4.78 is 1.14. The van der Waals surface area contributed by atoms with Crippen molar-refractivity contribution in [3.63, 3.8) is 0 Å². The number of carbonyl (C=O) groups excluding carboxylic acids is 1. The predicted molar refractivity (Wildman–Crippen MR) is 81.0 cm³/mol. The third-order valence-electron chi connectivity index (χ3n) is 3.53. The highest BCUT2D eigenvalue weighted by Crippen LogP contribution is 2.16. The summed E-state index contributed by atoms with van der Waals surface area (Å²) >= 11 is 3.50. The number of nitrogens with zero attached hydrogens (tertiary/aromatic N) is 1. The lowest BCUT2D eigenvalue weighted by Crippen LogP contribution is -2.30. The lowest BCUT2D eigenvalue weighted by atomic mass is 10.1. The Bertz CT molecular complexity index is 442. The lowest BCUT2D eigenvalue weighted by Gasteiger charge is -2.15. The number of amides is 1. The highest BCUT2D eigenvalue weighted by Gasteiger charge is 2.16.